The fraction of sp³-hybridized carbons (Fsp3) is 0.474. The number of carbonyl (C=O) groups is 1. The van der Waals surface area contributed by atoms with Crippen LogP contribution in [0.1, 0.15) is 43.1 Å². The Morgan fingerprint density at radius 1 is 1.17 bits per heavy atom. The minimum atomic E-state index is -0.611. The van der Waals surface area contributed by atoms with E-state index >= 15 is 0 Å². The summed E-state index contributed by atoms with van der Waals surface area (Å²) in [5.74, 6) is 1.03. The molecule has 1 fully saturated rings. The van der Waals surface area contributed by atoms with E-state index in [1.807, 2.05) is 19.9 Å². The number of esters is 1. The Bertz CT molecular complexity index is 921. The quantitative estimate of drug-likeness (QED) is 0.695. The highest BCUT2D eigenvalue weighted by atomic mass is 16.6. The molecule has 0 N–H and O–H groups in total. The summed E-state index contributed by atoms with van der Waals surface area (Å²) in [4.78, 5) is 24.7. The first-order chi connectivity index (χ1) is 11.3. The van der Waals surface area contributed by atoms with Crippen LogP contribution in [0.5, 0.6) is 5.75 Å². The van der Waals surface area contributed by atoms with Gasteiger partial charge in [0, 0.05) is 23.0 Å². The van der Waals surface area contributed by atoms with Gasteiger partial charge in [-0.3, -0.25) is 9.59 Å². The topological polar surface area (TPSA) is 65.7 Å². The molecule has 126 valence electrons. The highest BCUT2D eigenvalue weighted by molar-refractivity contribution is 5.85. The number of cyclic esters (lactones) is 1. The van der Waals surface area contributed by atoms with Crippen LogP contribution in [-0.4, -0.2) is 18.2 Å². The molecule has 3 heterocycles. The highest BCUT2D eigenvalue weighted by Gasteiger charge is 2.49. The molecule has 0 bridgehead atoms. The molecule has 1 aromatic carbocycles. The number of fused-ring (bicyclic) bond motifs is 5. The largest absolute Gasteiger partial charge is 0.493 e. The monoisotopic (exact) mass is 328 g/mol. The maximum absolute atomic E-state index is 12.6. The Kier molecular flexibility index (Phi) is 3.08. The van der Waals surface area contributed by atoms with Crippen molar-refractivity contribution >= 4 is 16.9 Å². The van der Waals surface area contributed by atoms with Crippen molar-refractivity contribution in [1.29, 1.82) is 0 Å². The molecule has 5 nitrogen and oxygen atoms in total. The van der Waals surface area contributed by atoms with Gasteiger partial charge in [-0.2, -0.15) is 0 Å². The van der Waals surface area contributed by atoms with Crippen LogP contribution in [0.4, 0.5) is 0 Å². The molecule has 1 saturated heterocycles. The number of rotatable bonds is 0. The number of hydrogen-bond acceptors (Lipinski definition) is 5. The molecule has 1 aromatic heterocycles. The molecule has 0 spiro atoms. The summed E-state index contributed by atoms with van der Waals surface area (Å²) in [6.07, 6.45) is 0.278. The molecule has 2 aliphatic heterocycles. The van der Waals surface area contributed by atoms with E-state index in [0.29, 0.717) is 34.6 Å². The lowest BCUT2D eigenvalue weighted by molar-refractivity contribution is -0.176. The van der Waals surface area contributed by atoms with Gasteiger partial charge in [-0.05, 0) is 39.8 Å². The maximum atomic E-state index is 12.6. The van der Waals surface area contributed by atoms with Gasteiger partial charge in [0.05, 0.1) is 18.4 Å². The van der Waals surface area contributed by atoms with Crippen molar-refractivity contribution in [2.45, 2.75) is 45.6 Å². The molecule has 2 aromatic rings. The van der Waals surface area contributed by atoms with Crippen molar-refractivity contribution in [1.82, 2.24) is 0 Å². The van der Waals surface area contributed by atoms with Crippen molar-refractivity contribution < 1.29 is 18.7 Å². The van der Waals surface area contributed by atoms with Crippen LogP contribution >= 0.6 is 0 Å². The second-order valence-corrected chi connectivity index (χ2v) is 7.27. The lowest BCUT2D eigenvalue weighted by Gasteiger charge is -2.45. The van der Waals surface area contributed by atoms with E-state index < -0.39 is 5.60 Å². The molecular formula is C19H20O5. The van der Waals surface area contributed by atoms with Crippen LogP contribution in [-0.2, 0) is 9.53 Å². The van der Waals surface area contributed by atoms with Gasteiger partial charge in [-0.25, -0.2) is 0 Å². The average molecular weight is 328 g/mol. The van der Waals surface area contributed by atoms with Crippen LogP contribution in [0, 0.1) is 19.8 Å². The summed E-state index contributed by atoms with van der Waals surface area (Å²) in [5.41, 5.74) is 1.34. The lowest BCUT2D eigenvalue weighted by atomic mass is 9.71. The van der Waals surface area contributed by atoms with E-state index in [-0.39, 0.29) is 29.7 Å². The molecule has 24 heavy (non-hydrogen) atoms. The zero-order valence-electron chi connectivity index (χ0n) is 14.3. The minimum absolute atomic E-state index is 0.0280. The SMILES string of the molecule is Cc1oc2c3c(ccc2c(=O)c1C)OC[C@H]1[C@@H]3CC(=O)OC1(C)C. The highest BCUT2D eigenvalue weighted by Crippen LogP contribution is 2.49. The van der Waals surface area contributed by atoms with E-state index in [4.69, 9.17) is 13.9 Å². The van der Waals surface area contributed by atoms with E-state index in [1.54, 1.807) is 19.9 Å². The Labute approximate surface area is 139 Å². The van der Waals surface area contributed by atoms with Crippen LogP contribution in [0.3, 0.4) is 0 Å². The Balaban J connectivity index is 2.02. The third kappa shape index (κ3) is 2.00. The second kappa shape index (κ2) is 4.85. The van der Waals surface area contributed by atoms with Gasteiger partial charge in [-0.15, -0.1) is 0 Å². The summed E-state index contributed by atoms with van der Waals surface area (Å²) in [5, 5.41) is 0.540. The molecular weight excluding hydrogens is 308 g/mol. The summed E-state index contributed by atoms with van der Waals surface area (Å²) in [6, 6.07) is 3.56. The van der Waals surface area contributed by atoms with Crippen LogP contribution in [0.2, 0.25) is 0 Å². The molecule has 0 amide bonds. The number of hydrogen-bond donors (Lipinski definition) is 0. The second-order valence-electron chi connectivity index (χ2n) is 7.27. The fourth-order valence-corrected chi connectivity index (χ4v) is 3.96. The normalized spacial score (nSPS) is 24.8. The third-order valence-corrected chi connectivity index (χ3v) is 5.46. The van der Waals surface area contributed by atoms with Crippen molar-refractivity contribution in [2.24, 2.45) is 5.92 Å². The molecule has 4 rings (SSSR count). The summed E-state index contributed by atoms with van der Waals surface area (Å²) < 4.78 is 17.4. The van der Waals surface area contributed by atoms with E-state index in [9.17, 15) is 9.59 Å². The van der Waals surface area contributed by atoms with Crippen molar-refractivity contribution in [3.05, 3.63) is 39.2 Å². The Hall–Kier alpha value is -2.30. The maximum Gasteiger partial charge on any atom is 0.306 e. The van der Waals surface area contributed by atoms with Gasteiger partial charge in [0.2, 0.25) is 0 Å². The molecule has 5 heteroatoms. The standard InChI is InChI=1S/C19H20O5/c1-9-10(2)23-18-11(17(9)21)5-6-14-16(18)12-7-15(20)24-19(3,4)13(12)8-22-14/h5-6,12-13H,7-8H2,1-4H3/t12-,13-/m0/s1. The zero-order chi connectivity index (χ0) is 17.2. The predicted octanol–water partition coefficient (Wildman–Crippen LogP) is 3.23. The van der Waals surface area contributed by atoms with Gasteiger partial charge in [-0.1, -0.05) is 0 Å². The molecule has 0 unspecified atom stereocenters. The van der Waals surface area contributed by atoms with Crippen LogP contribution < -0.4 is 10.2 Å². The summed E-state index contributed by atoms with van der Waals surface area (Å²) in [7, 11) is 0. The van der Waals surface area contributed by atoms with E-state index in [2.05, 4.69) is 0 Å². The fourth-order valence-electron chi connectivity index (χ4n) is 3.96. The van der Waals surface area contributed by atoms with Gasteiger partial charge in [0.15, 0.2) is 5.43 Å². The van der Waals surface area contributed by atoms with Gasteiger partial charge in [0.1, 0.15) is 22.7 Å². The molecule has 0 aliphatic carbocycles. The summed E-state index contributed by atoms with van der Waals surface area (Å²) in [6.45, 7) is 7.86. The van der Waals surface area contributed by atoms with Gasteiger partial charge < -0.3 is 13.9 Å². The van der Waals surface area contributed by atoms with Crippen molar-refractivity contribution in [2.75, 3.05) is 6.61 Å². The number of aryl methyl sites for hydroxylation is 1. The lowest BCUT2D eigenvalue weighted by Crippen LogP contribution is -2.49. The van der Waals surface area contributed by atoms with Crippen molar-refractivity contribution in [3.63, 3.8) is 0 Å². The van der Waals surface area contributed by atoms with Crippen LogP contribution in [0.15, 0.2) is 21.3 Å². The Morgan fingerprint density at radius 3 is 2.67 bits per heavy atom. The number of carbonyl (C=O) groups excluding carboxylic acids is 1. The molecule has 2 atom stereocenters. The van der Waals surface area contributed by atoms with Crippen molar-refractivity contribution in [3.8, 4) is 5.75 Å². The molecule has 2 aliphatic rings. The molecule has 0 radical (unpaired) electrons. The number of benzene rings is 1. The summed E-state index contributed by atoms with van der Waals surface area (Å²) >= 11 is 0. The average Bonchev–Trinajstić information content (AvgIpc) is 2.51. The minimum Gasteiger partial charge on any atom is -0.493 e. The van der Waals surface area contributed by atoms with Crippen LogP contribution in [0.25, 0.3) is 11.0 Å². The first-order valence-corrected chi connectivity index (χ1v) is 8.21. The van der Waals surface area contributed by atoms with E-state index in [1.165, 1.54) is 0 Å². The Morgan fingerprint density at radius 2 is 1.92 bits per heavy atom. The van der Waals surface area contributed by atoms with Gasteiger partial charge >= 0.3 is 5.97 Å². The molecule has 0 saturated carbocycles. The third-order valence-electron chi connectivity index (χ3n) is 5.46. The number of ether oxygens (including phenoxy) is 2. The zero-order valence-corrected chi connectivity index (χ0v) is 14.3. The first kappa shape index (κ1) is 15.2. The predicted molar refractivity (Wildman–Crippen MR) is 88.5 cm³/mol. The smallest absolute Gasteiger partial charge is 0.306 e. The first-order valence-electron chi connectivity index (χ1n) is 8.21. The van der Waals surface area contributed by atoms with E-state index in [0.717, 1.165) is 5.56 Å². The van der Waals surface area contributed by atoms with Gasteiger partial charge in [0.25, 0.3) is 0 Å².